The van der Waals surface area contributed by atoms with Gasteiger partial charge in [0.05, 0.1) is 19.8 Å². The Balaban J connectivity index is 2.27. The number of nitrogens with zero attached hydrogens (tertiary/aromatic N) is 3. The van der Waals surface area contributed by atoms with Gasteiger partial charge in [0, 0.05) is 17.0 Å². The van der Waals surface area contributed by atoms with Gasteiger partial charge in [-0.15, -0.1) is 0 Å². The normalized spacial score (nSPS) is 9.64. The van der Waals surface area contributed by atoms with E-state index in [0.717, 1.165) is 5.56 Å². The van der Waals surface area contributed by atoms with Crippen LogP contribution >= 0.6 is 0 Å². The minimum atomic E-state index is -0.850. The van der Waals surface area contributed by atoms with Gasteiger partial charge >= 0.3 is 6.09 Å². The van der Waals surface area contributed by atoms with Crippen molar-refractivity contribution >= 4 is 12.0 Å². The standard InChI is InChI=1S/C13H17N5O4/c14-13(20)22-7-6-21-5-4-16-12(19)11-3-1-2-10(8-11)9-17-18-15/h1-3,8H,4-7,9H2,(H2,14,20)(H,16,19). The highest BCUT2D eigenvalue weighted by atomic mass is 16.6. The summed E-state index contributed by atoms with van der Waals surface area (Å²) in [6, 6.07) is 6.81. The zero-order chi connectivity index (χ0) is 16.2. The second-order valence-corrected chi connectivity index (χ2v) is 4.13. The van der Waals surface area contributed by atoms with E-state index >= 15 is 0 Å². The molecule has 9 heteroatoms. The van der Waals surface area contributed by atoms with Gasteiger partial charge < -0.3 is 20.5 Å². The number of nitrogens with one attached hydrogen (secondary N) is 1. The monoisotopic (exact) mass is 307 g/mol. The lowest BCUT2D eigenvalue weighted by atomic mass is 10.1. The number of benzene rings is 1. The van der Waals surface area contributed by atoms with E-state index in [-0.39, 0.29) is 32.3 Å². The van der Waals surface area contributed by atoms with Crippen molar-refractivity contribution in [3.8, 4) is 0 Å². The summed E-state index contributed by atoms with van der Waals surface area (Å²) in [5, 5.41) is 6.13. The lowest BCUT2D eigenvalue weighted by Crippen LogP contribution is -2.28. The van der Waals surface area contributed by atoms with Crippen molar-refractivity contribution in [2.75, 3.05) is 26.4 Å². The van der Waals surface area contributed by atoms with E-state index in [4.69, 9.17) is 16.0 Å². The molecule has 3 N–H and O–H groups in total. The molecule has 0 atom stereocenters. The van der Waals surface area contributed by atoms with Crippen LogP contribution in [0.15, 0.2) is 29.4 Å². The molecule has 1 aromatic carbocycles. The smallest absolute Gasteiger partial charge is 0.404 e. The van der Waals surface area contributed by atoms with Gasteiger partial charge in [-0.3, -0.25) is 4.79 Å². The van der Waals surface area contributed by atoms with E-state index in [2.05, 4.69) is 20.1 Å². The number of azide groups is 1. The fraction of sp³-hybridized carbons (Fsp3) is 0.385. The van der Waals surface area contributed by atoms with Crippen LogP contribution in [0.4, 0.5) is 4.79 Å². The first-order chi connectivity index (χ1) is 10.6. The molecule has 0 radical (unpaired) electrons. The molecule has 0 spiro atoms. The minimum absolute atomic E-state index is 0.0741. The first-order valence-corrected chi connectivity index (χ1v) is 6.51. The van der Waals surface area contributed by atoms with E-state index in [9.17, 15) is 9.59 Å². The van der Waals surface area contributed by atoms with Crippen molar-refractivity contribution in [2.45, 2.75) is 6.54 Å². The fourth-order valence-corrected chi connectivity index (χ4v) is 1.57. The van der Waals surface area contributed by atoms with E-state index in [1.807, 2.05) is 0 Å². The Kier molecular flexibility index (Phi) is 7.88. The van der Waals surface area contributed by atoms with E-state index < -0.39 is 6.09 Å². The molecule has 0 aliphatic heterocycles. The molecule has 0 fully saturated rings. The van der Waals surface area contributed by atoms with Crippen LogP contribution in [-0.2, 0) is 16.0 Å². The molecule has 1 rings (SSSR count). The van der Waals surface area contributed by atoms with Gasteiger partial charge in [-0.2, -0.15) is 0 Å². The average molecular weight is 307 g/mol. The molecule has 0 unspecified atom stereocenters. The number of primary amides is 1. The number of ether oxygens (including phenoxy) is 2. The summed E-state index contributed by atoms with van der Waals surface area (Å²) in [5.41, 5.74) is 14.3. The van der Waals surface area contributed by atoms with Gasteiger partial charge in [0.1, 0.15) is 6.61 Å². The average Bonchev–Trinajstić information content (AvgIpc) is 2.51. The van der Waals surface area contributed by atoms with Crippen LogP contribution in [0.1, 0.15) is 15.9 Å². The summed E-state index contributed by atoms with van der Waals surface area (Å²) in [6.45, 7) is 1.08. The Morgan fingerprint density at radius 1 is 1.32 bits per heavy atom. The number of amides is 2. The topological polar surface area (TPSA) is 139 Å². The van der Waals surface area contributed by atoms with Crippen LogP contribution in [0.5, 0.6) is 0 Å². The third kappa shape index (κ3) is 7.13. The highest BCUT2D eigenvalue weighted by Crippen LogP contribution is 2.06. The molecule has 2 amide bonds. The molecule has 0 saturated heterocycles. The molecule has 0 aliphatic rings. The van der Waals surface area contributed by atoms with Crippen LogP contribution in [0, 0.1) is 0 Å². The van der Waals surface area contributed by atoms with Crippen molar-refractivity contribution in [3.63, 3.8) is 0 Å². The predicted octanol–water partition coefficient (Wildman–Crippen LogP) is 1.34. The van der Waals surface area contributed by atoms with Gasteiger partial charge in [-0.25, -0.2) is 4.79 Å². The highest BCUT2D eigenvalue weighted by Gasteiger charge is 2.05. The largest absolute Gasteiger partial charge is 0.447 e. The van der Waals surface area contributed by atoms with Crippen LogP contribution in [0.3, 0.4) is 0 Å². The summed E-state index contributed by atoms with van der Waals surface area (Å²) in [5.74, 6) is -0.250. The number of carbonyl (C=O) groups excluding carboxylic acids is 2. The minimum Gasteiger partial charge on any atom is -0.447 e. The molecule has 9 nitrogen and oxygen atoms in total. The Morgan fingerprint density at radius 3 is 2.86 bits per heavy atom. The van der Waals surface area contributed by atoms with Gasteiger partial charge in [0.2, 0.25) is 0 Å². The van der Waals surface area contributed by atoms with E-state index in [1.54, 1.807) is 24.3 Å². The van der Waals surface area contributed by atoms with Crippen molar-refractivity contribution in [2.24, 2.45) is 10.8 Å². The van der Waals surface area contributed by atoms with Crippen LogP contribution in [0.2, 0.25) is 0 Å². The molecule has 118 valence electrons. The Hall–Kier alpha value is -2.77. The lowest BCUT2D eigenvalue weighted by Gasteiger charge is -2.07. The molecule has 1 aromatic rings. The van der Waals surface area contributed by atoms with Crippen molar-refractivity contribution in [3.05, 3.63) is 45.8 Å². The first kappa shape index (κ1) is 17.3. The summed E-state index contributed by atoms with van der Waals surface area (Å²) < 4.78 is 9.62. The summed E-state index contributed by atoms with van der Waals surface area (Å²) in [7, 11) is 0. The highest BCUT2D eigenvalue weighted by molar-refractivity contribution is 5.94. The molecular formula is C13H17N5O4. The molecule has 0 aliphatic carbocycles. The number of hydrogen-bond donors (Lipinski definition) is 2. The zero-order valence-corrected chi connectivity index (χ0v) is 11.9. The van der Waals surface area contributed by atoms with E-state index in [0.29, 0.717) is 12.1 Å². The SMILES string of the molecule is [N-]=[N+]=NCc1cccc(C(=O)NCCOCCOC(N)=O)c1. The first-order valence-electron chi connectivity index (χ1n) is 6.51. The predicted molar refractivity (Wildman–Crippen MR) is 78.0 cm³/mol. The van der Waals surface area contributed by atoms with Crippen LogP contribution in [-0.4, -0.2) is 38.4 Å². The van der Waals surface area contributed by atoms with Gasteiger partial charge in [-0.05, 0) is 23.2 Å². The maximum Gasteiger partial charge on any atom is 0.404 e. The van der Waals surface area contributed by atoms with Crippen LogP contribution in [0.25, 0.3) is 10.4 Å². The maximum atomic E-state index is 11.9. The summed E-state index contributed by atoms with van der Waals surface area (Å²) in [6.07, 6.45) is -0.850. The number of carbonyl (C=O) groups is 2. The van der Waals surface area contributed by atoms with Crippen molar-refractivity contribution < 1.29 is 19.1 Å². The Labute approximate surface area is 127 Å². The summed E-state index contributed by atoms with van der Waals surface area (Å²) >= 11 is 0. The number of nitrogens with two attached hydrogens (primary N) is 1. The maximum absolute atomic E-state index is 11.9. The fourth-order valence-electron chi connectivity index (χ4n) is 1.57. The molecule has 22 heavy (non-hydrogen) atoms. The second kappa shape index (κ2) is 10.0. The lowest BCUT2D eigenvalue weighted by molar-refractivity contribution is 0.0745. The van der Waals surface area contributed by atoms with E-state index in [1.165, 1.54) is 0 Å². The van der Waals surface area contributed by atoms with Crippen molar-refractivity contribution in [1.29, 1.82) is 0 Å². The Bertz CT molecular complexity index is 557. The third-order valence-corrected chi connectivity index (χ3v) is 2.51. The quantitative estimate of drug-likeness (QED) is 0.307. The number of rotatable bonds is 9. The van der Waals surface area contributed by atoms with Gasteiger partial charge in [0.25, 0.3) is 5.91 Å². The zero-order valence-electron chi connectivity index (χ0n) is 11.9. The molecule has 0 bridgehead atoms. The van der Waals surface area contributed by atoms with Gasteiger partial charge in [-0.1, -0.05) is 17.2 Å². The van der Waals surface area contributed by atoms with Gasteiger partial charge in [0.15, 0.2) is 0 Å². The third-order valence-electron chi connectivity index (χ3n) is 2.51. The molecular weight excluding hydrogens is 290 g/mol. The summed E-state index contributed by atoms with van der Waals surface area (Å²) in [4.78, 5) is 24.9. The second-order valence-electron chi connectivity index (χ2n) is 4.13. The van der Waals surface area contributed by atoms with Crippen molar-refractivity contribution in [1.82, 2.24) is 5.32 Å². The molecule has 0 aromatic heterocycles. The molecule has 0 heterocycles. The number of hydrogen-bond acceptors (Lipinski definition) is 5. The molecule has 0 saturated carbocycles. The van der Waals surface area contributed by atoms with Crippen LogP contribution < -0.4 is 11.1 Å². The Morgan fingerprint density at radius 2 is 2.14 bits per heavy atom.